The number of halogens is 4. The van der Waals surface area contributed by atoms with Crippen LogP contribution in [0.1, 0.15) is 84.6 Å². The third-order valence-electron chi connectivity index (χ3n) is 11.4. The molecule has 13 nitrogen and oxygen atoms in total. The van der Waals surface area contributed by atoms with Gasteiger partial charge in [0, 0.05) is 49.7 Å². The molecule has 1 unspecified atom stereocenters. The maximum absolute atomic E-state index is 16.1. The quantitative estimate of drug-likeness (QED) is 0.168. The van der Waals surface area contributed by atoms with Gasteiger partial charge >= 0.3 is 11.9 Å². The second-order valence-electron chi connectivity index (χ2n) is 14.9. The highest BCUT2D eigenvalue weighted by Crippen LogP contribution is 2.38. The number of piperidine rings is 2. The van der Waals surface area contributed by atoms with E-state index < -0.39 is 47.4 Å². The molecule has 3 atom stereocenters. The average Bonchev–Trinajstić information content (AvgIpc) is 3.69. The summed E-state index contributed by atoms with van der Waals surface area (Å²) in [6, 6.07) is 10.6. The first-order valence-electron chi connectivity index (χ1n) is 18.4. The smallest absolute Gasteiger partial charge is 0.321 e. The Morgan fingerprint density at radius 1 is 1.02 bits per heavy atom. The molecule has 17 heteroatoms. The Morgan fingerprint density at radius 2 is 1.82 bits per heavy atom. The number of anilines is 1. The molecule has 0 spiro atoms. The minimum atomic E-state index is -4.65. The molecule has 1 saturated carbocycles. The number of aryl methyl sites for hydroxylation is 1. The lowest BCUT2D eigenvalue weighted by atomic mass is 9.83. The van der Waals surface area contributed by atoms with E-state index in [1.807, 2.05) is 16.9 Å². The summed E-state index contributed by atoms with van der Waals surface area (Å²) in [5.74, 6) is -1.68. The van der Waals surface area contributed by atoms with Gasteiger partial charge in [-0.2, -0.15) is 23.4 Å². The highest BCUT2D eigenvalue weighted by Gasteiger charge is 2.37. The molecule has 3 fully saturated rings. The molecule has 3 aromatic heterocycles. The van der Waals surface area contributed by atoms with E-state index >= 15 is 4.39 Å². The van der Waals surface area contributed by atoms with Gasteiger partial charge in [-0.15, -0.1) is 5.10 Å². The van der Waals surface area contributed by atoms with E-state index in [9.17, 15) is 32.3 Å². The van der Waals surface area contributed by atoms with Crippen molar-refractivity contribution in [1.29, 1.82) is 0 Å². The van der Waals surface area contributed by atoms with Crippen molar-refractivity contribution in [3.8, 4) is 0 Å². The first-order chi connectivity index (χ1) is 26.3. The van der Waals surface area contributed by atoms with Gasteiger partial charge in [0.2, 0.25) is 11.8 Å². The number of rotatable bonds is 7. The van der Waals surface area contributed by atoms with Crippen molar-refractivity contribution in [3.05, 3.63) is 82.2 Å². The van der Waals surface area contributed by atoms with Crippen LogP contribution in [-0.2, 0) is 22.8 Å². The van der Waals surface area contributed by atoms with Crippen LogP contribution < -0.4 is 16.3 Å². The first kappa shape index (κ1) is 36.5. The number of para-hydroxylation sites is 1. The second kappa shape index (κ2) is 14.3. The summed E-state index contributed by atoms with van der Waals surface area (Å²) in [7, 11) is 1.64. The molecule has 3 aliphatic rings. The Hall–Kier alpha value is -5.45. The molecule has 1 aliphatic carbocycles. The van der Waals surface area contributed by atoms with E-state index in [0.717, 1.165) is 48.7 Å². The van der Waals surface area contributed by atoms with Gasteiger partial charge in [0.05, 0.1) is 34.4 Å². The Bertz CT molecular complexity index is 2360. The van der Waals surface area contributed by atoms with E-state index in [2.05, 4.69) is 25.7 Å². The number of alkyl halides is 4. The van der Waals surface area contributed by atoms with Gasteiger partial charge in [-0.1, -0.05) is 12.1 Å². The fourth-order valence-corrected chi connectivity index (χ4v) is 8.58. The van der Waals surface area contributed by atoms with E-state index in [-0.39, 0.29) is 37.0 Å². The molecule has 5 heterocycles. The number of likely N-dealkylation sites (tertiary alicyclic amines) is 1. The number of imide groups is 1. The van der Waals surface area contributed by atoms with Gasteiger partial charge in [0.1, 0.15) is 12.2 Å². The van der Waals surface area contributed by atoms with Gasteiger partial charge in [0.15, 0.2) is 5.69 Å². The average molecular weight is 762 g/mol. The molecule has 2 aliphatic heterocycles. The molecule has 2 aromatic carbocycles. The summed E-state index contributed by atoms with van der Waals surface area (Å²) in [5, 5.41) is 17.3. The molecule has 0 bridgehead atoms. The Kier molecular flexibility index (Phi) is 9.51. The lowest BCUT2D eigenvalue weighted by Gasteiger charge is -2.38. The number of amides is 3. The van der Waals surface area contributed by atoms with Gasteiger partial charge in [0.25, 0.3) is 5.91 Å². The van der Waals surface area contributed by atoms with Crippen molar-refractivity contribution in [2.24, 2.45) is 13.0 Å². The second-order valence-corrected chi connectivity index (χ2v) is 14.9. The highest BCUT2D eigenvalue weighted by atomic mass is 19.4. The maximum Gasteiger partial charge on any atom is 0.418 e. The SMILES string of the molecule is Cn1c(=O)n(C2CCC(=O)NC2=O)c2cccc([C@@H]3CCN(CC4CCC(n5cc6cc(NC(=O)c7cc(C(F)(F)F)cnn7)ccc6n5)CC4)C[C@H]3F)c21. The minimum absolute atomic E-state index is 0.144. The number of imidazole rings is 1. The predicted octanol–water partition coefficient (Wildman–Crippen LogP) is 5.29. The zero-order chi connectivity index (χ0) is 38.6. The Balaban J connectivity index is 0.872. The van der Waals surface area contributed by atoms with E-state index in [4.69, 9.17) is 5.10 Å². The molecule has 2 N–H and O–H groups in total. The number of fused-ring (bicyclic) bond motifs is 2. The van der Waals surface area contributed by atoms with Crippen LogP contribution in [0.25, 0.3) is 21.9 Å². The standard InChI is InChI=1S/C38H39F4N9O4/c1-48-34-27(3-2-4-31(34)51(37(48)55)32-11-12-33(52)45-36(32)54)26-13-14-49(20-28(26)39)18-21-5-8-25(9-6-21)50-19-22-15-24(7-10-29(22)47-50)44-35(53)30-16-23(17-43-46-30)38(40,41)42/h2-4,7,10,15-17,19,21,25-26,28,32H,5-6,8-9,11-14,18,20H2,1H3,(H,44,53)(H,45,52,54)/t21?,25?,26-,28+,32?/m0/s1. The molecule has 8 rings (SSSR count). The lowest BCUT2D eigenvalue weighted by Crippen LogP contribution is -2.44. The zero-order valence-corrected chi connectivity index (χ0v) is 29.9. The number of benzene rings is 2. The number of nitrogens with zero attached hydrogens (tertiary/aromatic N) is 7. The summed E-state index contributed by atoms with van der Waals surface area (Å²) in [6.07, 6.45) is 1.34. The number of carbonyl (C=O) groups excluding carboxylic acids is 3. The summed E-state index contributed by atoms with van der Waals surface area (Å²) in [4.78, 5) is 52.6. The monoisotopic (exact) mass is 761 g/mol. The summed E-state index contributed by atoms with van der Waals surface area (Å²) in [5.41, 5.74) is 1.17. The van der Waals surface area contributed by atoms with E-state index in [1.54, 1.807) is 37.4 Å². The third-order valence-corrected chi connectivity index (χ3v) is 11.4. The molecule has 288 valence electrons. The number of nitrogens with one attached hydrogen (secondary N) is 2. The third kappa shape index (κ3) is 7.12. The lowest BCUT2D eigenvalue weighted by molar-refractivity contribution is -0.138. The van der Waals surface area contributed by atoms with Crippen molar-refractivity contribution in [2.45, 2.75) is 75.3 Å². The highest BCUT2D eigenvalue weighted by molar-refractivity contribution is 6.04. The van der Waals surface area contributed by atoms with Crippen molar-refractivity contribution in [1.82, 2.24) is 39.3 Å². The molecular formula is C38H39F4N9O4. The molecule has 55 heavy (non-hydrogen) atoms. The van der Waals surface area contributed by atoms with Gasteiger partial charge in [-0.3, -0.25) is 33.5 Å². The van der Waals surface area contributed by atoms with Gasteiger partial charge in [-0.25, -0.2) is 9.18 Å². The number of aromatic nitrogens is 6. The van der Waals surface area contributed by atoms with Crippen molar-refractivity contribution < 1.29 is 31.9 Å². The van der Waals surface area contributed by atoms with Gasteiger partial charge < -0.3 is 10.2 Å². The summed E-state index contributed by atoms with van der Waals surface area (Å²) in [6.45, 7) is 1.79. The van der Waals surface area contributed by atoms with E-state index in [1.165, 1.54) is 9.13 Å². The van der Waals surface area contributed by atoms with Crippen LogP contribution in [0.2, 0.25) is 0 Å². The predicted molar refractivity (Wildman–Crippen MR) is 193 cm³/mol. The number of hydrogen-bond acceptors (Lipinski definition) is 8. The maximum atomic E-state index is 16.1. The van der Waals surface area contributed by atoms with Crippen LogP contribution in [0, 0.1) is 5.92 Å². The van der Waals surface area contributed by atoms with Gasteiger partial charge in [-0.05, 0) is 86.9 Å². The molecule has 2 saturated heterocycles. The summed E-state index contributed by atoms with van der Waals surface area (Å²) < 4.78 is 60.1. The first-order valence-corrected chi connectivity index (χ1v) is 18.4. The summed E-state index contributed by atoms with van der Waals surface area (Å²) >= 11 is 0. The number of hydrogen-bond donors (Lipinski definition) is 2. The van der Waals surface area contributed by atoms with E-state index in [0.29, 0.717) is 47.9 Å². The van der Waals surface area contributed by atoms with Crippen LogP contribution in [0.15, 0.2) is 59.7 Å². The fourth-order valence-electron chi connectivity index (χ4n) is 8.58. The molecule has 3 amide bonds. The van der Waals surface area contributed by atoms with Crippen LogP contribution in [0.4, 0.5) is 23.2 Å². The minimum Gasteiger partial charge on any atom is -0.321 e. The topological polar surface area (TPSA) is 149 Å². The molecule has 5 aromatic rings. The Labute approximate surface area is 311 Å². The Morgan fingerprint density at radius 3 is 2.56 bits per heavy atom. The fraction of sp³-hybridized carbons (Fsp3) is 0.447. The van der Waals surface area contributed by atoms with Crippen LogP contribution in [0.5, 0.6) is 0 Å². The van der Waals surface area contributed by atoms with Crippen molar-refractivity contribution in [3.63, 3.8) is 0 Å². The number of carbonyl (C=O) groups is 3. The van der Waals surface area contributed by atoms with Crippen LogP contribution in [-0.4, -0.2) is 77.5 Å². The normalized spacial score (nSPS) is 24.0. The molecular weight excluding hydrogens is 722 g/mol. The van der Waals surface area contributed by atoms with Crippen molar-refractivity contribution in [2.75, 3.05) is 25.0 Å². The van der Waals surface area contributed by atoms with Crippen molar-refractivity contribution >= 4 is 45.3 Å². The van der Waals surface area contributed by atoms with Crippen LogP contribution >= 0.6 is 0 Å². The zero-order valence-electron chi connectivity index (χ0n) is 29.9. The van der Waals surface area contributed by atoms with Crippen LogP contribution in [0.3, 0.4) is 0 Å². The molecule has 0 radical (unpaired) electrons. The largest absolute Gasteiger partial charge is 0.418 e.